The molecular formula is C26H29N3O. The molecule has 0 unspecified atom stereocenters. The van der Waals surface area contributed by atoms with Crippen LogP contribution in [0.25, 0.3) is 11.3 Å². The third kappa shape index (κ3) is 4.54. The molecule has 30 heavy (non-hydrogen) atoms. The van der Waals surface area contributed by atoms with Crippen molar-refractivity contribution in [2.24, 2.45) is 5.92 Å². The van der Waals surface area contributed by atoms with Crippen LogP contribution in [0.1, 0.15) is 42.7 Å². The van der Waals surface area contributed by atoms with E-state index >= 15 is 0 Å². The summed E-state index contributed by atoms with van der Waals surface area (Å²) in [4.78, 5) is 11.4. The molecule has 4 heteroatoms. The lowest BCUT2D eigenvalue weighted by molar-refractivity contribution is 0.149. The number of aromatic nitrogens is 2. The Morgan fingerprint density at radius 2 is 1.67 bits per heavy atom. The van der Waals surface area contributed by atoms with Gasteiger partial charge in [-0.25, -0.2) is 4.98 Å². The molecule has 154 valence electrons. The molecule has 2 aliphatic rings. The molecule has 1 aliphatic heterocycles. The van der Waals surface area contributed by atoms with E-state index in [2.05, 4.69) is 51.3 Å². The zero-order valence-electron chi connectivity index (χ0n) is 17.4. The maximum Gasteiger partial charge on any atom is 0.316 e. The third-order valence-electron chi connectivity index (χ3n) is 6.44. The quantitative estimate of drug-likeness (QED) is 0.539. The minimum absolute atomic E-state index is 0.478. The van der Waals surface area contributed by atoms with E-state index in [1.54, 1.807) is 6.20 Å². The first-order valence-corrected chi connectivity index (χ1v) is 11.2. The van der Waals surface area contributed by atoms with Crippen LogP contribution in [0.2, 0.25) is 0 Å². The predicted molar refractivity (Wildman–Crippen MR) is 119 cm³/mol. The Kier molecular flexibility index (Phi) is 5.76. The Bertz CT molecular complexity index is 946. The summed E-state index contributed by atoms with van der Waals surface area (Å²) < 4.78 is 5.92. The number of nitrogens with zero attached hydrogens (tertiary/aromatic N) is 3. The maximum atomic E-state index is 5.92. The number of likely N-dealkylation sites (tertiary alicyclic amines) is 1. The van der Waals surface area contributed by atoms with Crippen molar-refractivity contribution >= 4 is 0 Å². The predicted octanol–water partition coefficient (Wildman–Crippen LogP) is 5.31. The van der Waals surface area contributed by atoms with Crippen LogP contribution in [-0.2, 0) is 6.54 Å². The summed E-state index contributed by atoms with van der Waals surface area (Å²) in [5.41, 5.74) is 4.90. The van der Waals surface area contributed by atoms with Gasteiger partial charge in [-0.1, -0.05) is 54.6 Å². The zero-order chi connectivity index (χ0) is 20.2. The summed E-state index contributed by atoms with van der Waals surface area (Å²) >= 11 is 0. The van der Waals surface area contributed by atoms with Crippen LogP contribution < -0.4 is 4.74 Å². The van der Waals surface area contributed by atoms with Crippen LogP contribution in [0.4, 0.5) is 0 Å². The molecule has 2 aromatic carbocycles. The maximum absolute atomic E-state index is 5.92. The molecule has 3 aromatic rings. The second-order valence-corrected chi connectivity index (χ2v) is 8.66. The number of ether oxygens (including phenoxy) is 1. The smallest absolute Gasteiger partial charge is 0.316 e. The molecule has 0 spiro atoms. The Morgan fingerprint density at radius 3 is 2.43 bits per heavy atom. The summed E-state index contributed by atoms with van der Waals surface area (Å²) in [5, 5.41) is 0. The molecule has 1 aliphatic carbocycles. The summed E-state index contributed by atoms with van der Waals surface area (Å²) in [7, 11) is 0. The van der Waals surface area contributed by atoms with Gasteiger partial charge in [0, 0.05) is 18.3 Å². The van der Waals surface area contributed by atoms with Crippen LogP contribution >= 0.6 is 0 Å². The molecule has 0 atom stereocenters. The third-order valence-corrected chi connectivity index (χ3v) is 6.44. The van der Waals surface area contributed by atoms with Crippen molar-refractivity contribution in [1.82, 2.24) is 14.9 Å². The average Bonchev–Trinajstić information content (AvgIpc) is 3.28. The first-order valence-electron chi connectivity index (χ1n) is 11.2. The zero-order valence-corrected chi connectivity index (χ0v) is 17.4. The summed E-state index contributed by atoms with van der Waals surface area (Å²) in [6.07, 6.45) is 6.85. The van der Waals surface area contributed by atoms with E-state index < -0.39 is 0 Å². The van der Waals surface area contributed by atoms with Gasteiger partial charge in [0.15, 0.2) is 0 Å². The molecule has 0 radical (unpaired) electrons. The van der Waals surface area contributed by atoms with Gasteiger partial charge in [-0.05, 0) is 67.8 Å². The fourth-order valence-electron chi connectivity index (χ4n) is 4.61. The topological polar surface area (TPSA) is 38.2 Å². The van der Waals surface area contributed by atoms with Crippen molar-refractivity contribution in [3.8, 4) is 17.3 Å². The van der Waals surface area contributed by atoms with Crippen molar-refractivity contribution in [3.63, 3.8) is 0 Å². The first kappa shape index (κ1) is 19.3. The van der Waals surface area contributed by atoms with Crippen molar-refractivity contribution < 1.29 is 4.74 Å². The van der Waals surface area contributed by atoms with E-state index in [1.807, 2.05) is 24.3 Å². The largest absolute Gasteiger partial charge is 0.463 e. The van der Waals surface area contributed by atoms with Gasteiger partial charge < -0.3 is 4.74 Å². The molecule has 2 fully saturated rings. The van der Waals surface area contributed by atoms with Crippen molar-refractivity contribution in [2.45, 2.75) is 38.1 Å². The SMILES string of the molecule is c1ccc(-c2ccnc(OCC3CC(c4ccc(CN5CCCC5)cc4)C3)n2)cc1. The van der Waals surface area contributed by atoms with Gasteiger partial charge in [0.1, 0.15) is 0 Å². The molecule has 0 N–H and O–H groups in total. The van der Waals surface area contributed by atoms with Crippen LogP contribution in [0, 0.1) is 5.92 Å². The molecule has 2 heterocycles. The van der Waals surface area contributed by atoms with E-state index in [1.165, 1.54) is 49.9 Å². The van der Waals surface area contributed by atoms with Gasteiger partial charge in [-0.3, -0.25) is 4.90 Å². The van der Waals surface area contributed by atoms with Crippen LogP contribution in [-0.4, -0.2) is 34.6 Å². The fraction of sp³-hybridized carbons (Fsp3) is 0.385. The molecular weight excluding hydrogens is 370 g/mol. The van der Waals surface area contributed by atoms with Gasteiger partial charge in [-0.15, -0.1) is 0 Å². The summed E-state index contributed by atoms with van der Waals surface area (Å²) in [5.74, 6) is 1.25. The normalized spacial score (nSPS) is 21.3. The lowest BCUT2D eigenvalue weighted by Gasteiger charge is -2.35. The number of hydrogen-bond donors (Lipinski definition) is 0. The van der Waals surface area contributed by atoms with Gasteiger partial charge >= 0.3 is 6.01 Å². The first-order chi connectivity index (χ1) is 14.8. The van der Waals surface area contributed by atoms with Crippen molar-refractivity contribution in [3.05, 3.63) is 78.0 Å². The highest BCUT2D eigenvalue weighted by atomic mass is 16.5. The second-order valence-electron chi connectivity index (χ2n) is 8.66. The van der Waals surface area contributed by atoms with E-state index in [0.717, 1.165) is 17.8 Å². The fourth-order valence-corrected chi connectivity index (χ4v) is 4.61. The molecule has 5 rings (SSSR count). The van der Waals surface area contributed by atoms with Crippen LogP contribution in [0.5, 0.6) is 6.01 Å². The summed E-state index contributed by atoms with van der Waals surface area (Å²) in [6.45, 7) is 4.30. The minimum atomic E-state index is 0.478. The monoisotopic (exact) mass is 399 g/mol. The highest BCUT2D eigenvalue weighted by molar-refractivity contribution is 5.58. The van der Waals surface area contributed by atoms with Gasteiger partial charge in [-0.2, -0.15) is 4.98 Å². The van der Waals surface area contributed by atoms with Crippen molar-refractivity contribution in [1.29, 1.82) is 0 Å². The Morgan fingerprint density at radius 1 is 0.900 bits per heavy atom. The van der Waals surface area contributed by atoms with Gasteiger partial charge in [0.2, 0.25) is 0 Å². The van der Waals surface area contributed by atoms with Gasteiger partial charge in [0.25, 0.3) is 0 Å². The number of hydrogen-bond acceptors (Lipinski definition) is 4. The Hall–Kier alpha value is -2.72. The highest BCUT2D eigenvalue weighted by Crippen LogP contribution is 2.41. The summed E-state index contributed by atoms with van der Waals surface area (Å²) in [6, 6.07) is 21.9. The Labute approximate surface area is 178 Å². The molecule has 1 saturated carbocycles. The van der Waals surface area contributed by atoms with E-state index in [4.69, 9.17) is 4.74 Å². The number of benzene rings is 2. The van der Waals surface area contributed by atoms with E-state index in [0.29, 0.717) is 24.5 Å². The molecule has 0 amide bonds. The van der Waals surface area contributed by atoms with E-state index in [-0.39, 0.29) is 0 Å². The molecule has 4 nitrogen and oxygen atoms in total. The molecule has 1 saturated heterocycles. The van der Waals surface area contributed by atoms with E-state index in [9.17, 15) is 0 Å². The standard InChI is InChI=1S/C26H29N3O/c1-2-6-23(7-3-1)25-12-13-27-26(28-25)30-19-21-16-24(17-21)22-10-8-20(9-11-22)18-29-14-4-5-15-29/h1-3,6-13,21,24H,4-5,14-19H2. The molecule has 0 bridgehead atoms. The number of rotatable bonds is 7. The Balaban J connectivity index is 1.10. The minimum Gasteiger partial charge on any atom is -0.463 e. The lowest BCUT2D eigenvalue weighted by atomic mass is 9.72. The average molecular weight is 400 g/mol. The lowest BCUT2D eigenvalue weighted by Crippen LogP contribution is -2.27. The highest BCUT2D eigenvalue weighted by Gasteiger charge is 2.31. The van der Waals surface area contributed by atoms with Crippen molar-refractivity contribution in [2.75, 3.05) is 19.7 Å². The molecule has 1 aromatic heterocycles. The van der Waals surface area contributed by atoms with Crippen LogP contribution in [0.3, 0.4) is 0 Å². The van der Waals surface area contributed by atoms with Gasteiger partial charge in [0.05, 0.1) is 12.3 Å². The van der Waals surface area contributed by atoms with Crippen LogP contribution in [0.15, 0.2) is 66.9 Å². The second kappa shape index (κ2) is 8.97.